The number of carbonyl (C=O) groups is 1. The van der Waals surface area contributed by atoms with Gasteiger partial charge in [0.15, 0.2) is 0 Å². The van der Waals surface area contributed by atoms with Crippen LogP contribution in [0, 0.1) is 17.8 Å². The van der Waals surface area contributed by atoms with Crippen molar-refractivity contribution in [2.45, 2.75) is 116 Å². The van der Waals surface area contributed by atoms with Gasteiger partial charge in [-0.15, -0.1) is 0 Å². The third kappa shape index (κ3) is 8.77. The van der Waals surface area contributed by atoms with Crippen LogP contribution >= 0.6 is 0 Å². The van der Waals surface area contributed by atoms with Crippen molar-refractivity contribution in [3.63, 3.8) is 0 Å². The zero-order valence-corrected chi connectivity index (χ0v) is 22.5. The van der Waals surface area contributed by atoms with Crippen molar-refractivity contribution in [2.24, 2.45) is 17.8 Å². The summed E-state index contributed by atoms with van der Waals surface area (Å²) >= 11 is 0. The fourth-order valence-corrected chi connectivity index (χ4v) is 6.62. The molecule has 35 heavy (non-hydrogen) atoms. The van der Waals surface area contributed by atoms with Gasteiger partial charge in [-0.3, -0.25) is 0 Å². The lowest BCUT2D eigenvalue weighted by Crippen LogP contribution is -2.25. The first-order chi connectivity index (χ1) is 17.0. The van der Waals surface area contributed by atoms with E-state index in [9.17, 15) is 9.90 Å². The van der Waals surface area contributed by atoms with Gasteiger partial charge in [-0.05, 0) is 98.7 Å². The Bertz CT molecular complexity index is 782. The van der Waals surface area contributed by atoms with Crippen molar-refractivity contribution in [3.8, 4) is 0 Å². The van der Waals surface area contributed by atoms with Crippen molar-refractivity contribution in [1.82, 2.24) is 0 Å². The minimum atomic E-state index is -0.302. The SMILES string of the molecule is C=C(C)C(=O)OCCc1cc(CCCO)ccc1C1CCC(C2CCC(CCCCC)CC2)CC1. The van der Waals surface area contributed by atoms with Gasteiger partial charge in [-0.25, -0.2) is 4.79 Å². The predicted octanol–water partition coefficient (Wildman–Crippen LogP) is 7.93. The van der Waals surface area contributed by atoms with Crippen LogP contribution in [0.25, 0.3) is 0 Å². The Hall–Kier alpha value is -1.61. The molecule has 3 nitrogen and oxygen atoms in total. The number of carbonyl (C=O) groups excluding carboxylic acids is 1. The number of hydrogen-bond donors (Lipinski definition) is 1. The van der Waals surface area contributed by atoms with Gasteiger partial charge in [0.05, 0.1) is 6.61 Å². The summed E-state index contributed by atoms with van der Waals surface area (Å²) in [6.45, 7) is 8.31. The molecule has 2 aliphatic carbocycles. The highest BCUT2D eigenvalue weighted by Gasteiger charge is 2.31. The molecule has 0 radical (unpaired) electrons. The molecular formula is C32H50O3. The first-order valence-corrected chi connectivity index (χ1v) is 14.6. The summed E-state index contributed by atoms with van der Waals surface area (Å²) in [6.07, 6.45) is 19.3. The summed E-state index contributed by atoms with van der Waals surface area (Å²) in [4.78, 5) is 11.9. The minimum Gasteiger partial charge on any atom is -0.462 e. The summed E-state index contributed by atoms with van der Waals surface area (Å²) in [5.74, 6) is 3.20. The Morgan fingerprint density at radius 2 is 1.66 bits per heavy atom. The van der Waals surface area contributed by atoms with Crippen molar-refractivity contribution in [3.05, 3.63) is 47.0 Å². The molecule has 0 bridgehead atoms. The molecule has 0 heterocycles. The van der Waals surface area contributed by atoms with E-state index >= 15 is 0 Å². The van der Waals surface area contributed by atoms with Crippen LogP contribution in [0.2, 0.25) is 0 Å². The maximum Gasteiger partial charge on any atom is 0.333 e. The number of hydrogen-bond acceptors (Lipinski definition) is 3. The molecular weight excluding hydrogens is 432 g/mol. The molecule has 0 spiro atoms. The van der Waals surface area contributed by atoms with Gasteiger partial charge in [0.2, 0.25) is 0 Å². The molecule has 0 amide bonds. The van der Waals surface area contributed by atoms with E-state index in [4.69, 9.17) is 4.74 Å². The van der Waals surface area contributed by atoms with Crippen LogP contribution in [-0.4, -0.2) is 24.3 Å². The van der Waals surface area contributed by atoms with Crippen LogP contribution in [0.1, 0.15) is 120 Å². The van der Waals surface area contributed by atoms with Crippen molar-refractivity contribution in [1.29, 1.82) is 0 Å². The van der Waals surface area contributed by atoms with Gasteiger partial charge in [0, 0.05) is 18.6 Å². The summed E-state index contributed by atoms with van der Waals surface area (Å²) in [6, 6.07) is 6.88. The standard InChI is InChI=1S/C32H50O3/c1-4-5-6-8-25-10-13-27(14-11-25)28-15-17-29(18-16-28)31-19-12-26(9-7-21-33)23-30(31)20-22-35-32(34)24(2)3/h12,19,23,25,27-29,33H,2,4-11,13-18,20-22H2,1,3H3. The van der Waals surface area contributed by atoms with E-state index in [1.165, 1.54) is 93.7 Å². The number of benzene rings is 1. The first-order valence-electron chi connectivity index (χ1n) is 14.6. The fourth-order valence-electron chi connectivity index (χ4n) is 6.62. The average Bonchev–Trinajstić information content (AvgIpc) is 2.88. The Kier molecular flexibility index (Phi) is 11.9. The van der Waals surface area contributed by atoms with Crippen molar-refractivity contribution in [2.75, 3.05) is 13.2 Å². The van der Waals surface area contributed by atoms with E-state index in [-0.39, 0.29) is 12.6 Å². The predicted molar refractivity (Wildman–Crippen MR) is 146 cm³/mol. The number of aliphatic hydroxyl groups excluding tert-OH is 1. The highest BCUT2D eigenvalue weighted by Crippen LogP contribution is 2.45. The zero-order valence-electron chi connectivity index (χ0n) is 22.5. The number of unbranched alkanes of at least 4 members (excludes halogenated alkanes) is 2. The lowest BCUT2D eigenvalue weighted by molar-refractivity contribution is -0.138. The Balaban J connectivity index is 1.54. The van der Waals surface area contributed by atoms with Gasteiger partial charge in [0.1, 0.15) is 0 Å². The van der Waals surface area contributed by atoms with E-state index in [0.717, 1.165) is 37.0 Å². The van der Waals surface area contributed by atoms with E-state index in [1.54, 1.807) is 6.92 Å². The molecule has 3 rings (SSSR count). The van der Waals surface area contributed by atoms with Gasteiger partial charge in [0.25, 0.3) is 0 Å². The van der Waals surface area contributed by atoms with Crippen LogP contribution in [0.4, 0.5) is 0 Å². The van der Waals surface area contributed by atoms with Crippen molar-refractivity contribution >= 4 is 5.97 Å². The molecule has 1 N–H and O–H groups in total. The van der Waals surface area contributed by atoms with E-state index < -0.39 is 0 Å². The number of ether oxygens (including phenoxy) is 1. The molecule has 1 aromatic rings. The normalized spacial score (nSPS) is 24.8. The van der Waals surface area contributed by atoms with E-state index in [1.807, 2.05) is 0 Å². The Morgan fingerprint density at radius 1 is 0.971 bits per heavy atom. The summed E-state index contributed by atoms with van der Waals surface area (Å²) in [7, 11) is 0. The summed E-state index contributed by atoms with van der Waals surface area (Å²) < 4.78 is 5.43. The molecule has 2 fully saturated rings. The lowest BCUT2D eigenvalue weighted by atomic mass is 9.67. The molecule has 196 valence electrons. The maximum atomic E-state index is 11.9. The number of esters is 1. The molecule has 0 unspecified atom stereocenters. The molecule has 0 saturated heterocycles. The maximum absolute atomic E-state index is 11.9. The third-order valence-electron chi connectivity index (χ3n) is 8.77. The Labute approximate surface area is 214 Å². The van der Waals surface area contributed by atoms with Crippen LogP contribution in [-0.2, 0) is 22.4 Å². The smallest absolute Gasteiger partial charge is 0.333 e. The minimum absolute atomic E-state index is 0.220. The monoisotopic (exact) mass is 482 g/mol. The first kappa shape index (κ1) is 28.0. The molecule has 2 saturated carbocycles. The lowest BCUT2D eigenvalue weighted by Gasteiger charge is -2.38. The van der Waals surface area contributed by atoms with Gasteiger partial charge < -0.3 is 9.84 Å². The molecule has 0 atom stereocenters. The summed E-state index contributed by atoms with van der Waals surface area (Å²) in [5.41, 5.74) is 4.51. The van der Waals surface area contributed by atoms with Crippen molar-refractivity contribution < 1.29 is 14.6 Å². The second-order valence-corrected chi connectivity index (χ2v) is 11.4. The van der Waals surface area contributed by atoms with Crippen LogP contribution in [0.3, 0.4) is 0 Å². The molecule has 0 aromatic heterocycles. The highest BCUT2D eigenvalue weighted by atomic mass is 16.5. The summed E-state index contributed by atoms with van der Waals surface area (Å²) in [5, 5.41) is 9.24. The van der Waals surface area contributed by atoms with Gasteiger partial charge in [-0.1, -0.05) is 70.2 Å². The zero-order chi connectivity index (χ0) is 25.0. The molecule has 2 aliphatic rings. The third-order valence-corrected chi connectivity index (χ3v) is 8.77. The topological polar surface area (TPSA) is 46.5 Å². The highest BCUT2D eigenvalue weighted by molar-refractivity contribution is 5.86. The van der Waals surface area contributed by atoms with Crippen LogP contribution < -0.4 is 0 Å². The van der Waals surface area contributed by atoms with Crippen LogP contribution in [0.15, 0.2) is 30.4 Å². The number of aliphatic hydroxyl groups is 1. The second kappa shape index (κ2) is 14.8. The fraction of sp³-hybridized carbons (Fsp3) is 0.719. The quantitative estimate of drug-likeness (QED) is 0.176. The molecule has 1 aromatic carbocycles. The van der Waals surface area contributed by atoms with Gasteiger partial charge in [-0.2, -0.15) is 0 Å². The Morgan fingerprint density at radius 3 is 2.29 bits per heavy atom. The van der Waals surface area contributed by atoms with Gasteiger partial charge >= 0.3 is 5.97 Å². The van der Waals surface area contributed by atoms with E-state index in [0.29, 0.717) is 18.1 Å². The average molecular weight is 483 g/mol. The molecule has 0 aliphatic heterocycles. The number of rotatable bonds is 13. The number of aryl methyl sites for hydroxylation is 1. The van der Waals surface area contributed by atoms with Crippen LogP contribution in [0.5, 0.6) is 0 Å². The second-order valence-electron chi connectivity index (χ2n) is 11.4. The van der Waals surface area contributed by atoms with E-state index in [2.05, 4.69) is 31.7 Å². The molecule has 3 heteroatoms. The largest absolute Gasteiger partial charge is 0.462 e.